The van der Waals surface area contributed by atoms with Crippen molar-refractivity contribution < 1.29 is 14.3 Å². The number of carbonyl (C=O) groups excluding carboxylic acids is 2. The first-order valence-electron chi connectivity index (χ1n) is 6.75. The summed E-state index contributed by atoms with van der Waals surface area (Å²) in [5.74, 6) is 0.0301. The van der Waals surface area contributed by atoms with Crippen LogP contribution in [0, 0.1) is 0 Å². The smallest absolute Gasteiger partial charge is 0.245 e. The van der Waals surface area contributed by atoms with Crippen molar-refractivity contribution in [2.45, 2.75) is 51.1 Å². The van der Waals surface area contributed by atoms with Crippen molar-refractivity contribution in [2.24, 2.45) is 0 Å². The number of nitrogens with one attached hydrogen (secondary N) is 1. The molecule has 0 spiro atoms. The highest BCUT2D eigenvalue weighted by atomic mass is 16.5. The summed E-state index contributed by atoms with van der Waals surface area (Å²) in [6.07, 6.45) is 2.84. The van der Waals surface area contributed by atoms with E-state index < -0.39 is 0 Å². The van der Waals surface area contributed by atoms with E-state index in [1.165, 1.54) is 0 Å². The van der Waals surface area contributed by atoms with E-state index >= 15 is 0 Å². The molecule has 0 aromatic rings. The number of nitrogens with zero attached hydrogens (tertiary/aromatic N) is 1. The van der Waals surface area contributed by atoms with Gasteiger partial charge in [0.25, 0.3) is 0 Å². The monoisotopic (exact) mass is 254 g/mol. The Morgan fingerprint density at radius 2 is 2.28 bits per heavy atom. The van der Waals surface area contributed by atoms with Crippen molar-refractivity contribution >= 4 is 11.8 Å². The molecular weight excluding hydrogens is 232 g/mol. The van der Waals surface area contributed by atoms with E-state index in [1.807, 2.05) is 11.8 Å². The molecule has 2 fully saturated rings. The second kappa shape index (κ2) is 5.26. The molecule has 2 rings (SSSR count). The van der Waals surface area contributed by atoms with E-state index in [2.05, 4.69) is 12.2 Å². The highest BCUT2D eigenvalue weighted by Gasteiger charge is 2.42. The van der Waals surface area contributed by atoms with Crippen molar-refractivity contribution in [3.63, 3.8) is 0 Å². The van der Waals surface area contributed by atoms with Crippen LogP contribution in [-0.2, 0) is 14.3 Å². The molecule has 102 valence electrons. The van der Waals surface area contributed by atoms with Gasteiger partial charge in [-0.05, 0) is 19.8 Å². The SMILES string of the molecule is CCCC1NC(=O)CCN(C2(C)CCOC2)C1=O. The summed E-state index contributed by atoms with van der Waals surface area (Å²) in [6, 6.07) is -0.359. The highest BCUT2D eigenvalue weighted by Crippen LogP contribution is 2.28. The van der Waals surface area contributed by atoms with Gasteiger partial charge in [0.1, 0.15) is 6.04 Å². The second-order valence-corrected chi connectivity index (χ2v) is 5.45. The molecule has 0 radical (unpaired) electrons. The van der Waals surface area contributed by atoms with Crippen LogP contribution in [0.5, 0.6) is 0 Å². The van der Waals surface area contributed by atoms with Crippen LogP contribution >= 0.6 is 0 Å². The Balaban J connectivity index is 2.18. The molecule has 1 N–H and O–H groups in total. The molecule has 2 aliphatic rings. The van der Waals surface area contributed by atoms with Gasteiger partial charge in [-0.3, -0.25) is 9.59 Å². The molecule has 2 heterocycles. The quantitative estimate of drug-likeness (QED) is 0.806. The summed E-state index contributed by atoms with van der Waals surface area (Å²) in [6.45, 7) is 5.85. The fraction of sp³-hybridized carbons (Fsp3) is 0.846. The average molecular weight is 254 g/mol. The lowest BCUT2D eigenvalue weighted by molar-refractivity contribution is -0.139. The van der Waals surface area contributed by atoms with E-state index in [1.54, 1.807) is 0 Å². The van der Waals surface area contributed by atoms with Gasteiger partial charge in [-0.25, -0.2) is 0 Å². The predicted octanol–water partition coefficient (Wildman–Crippen LogP) is 0.683. The molecular formula is C13H22N2O3. The minimum atomic E-state index is -0.359. The van der Waals surface area contributed by atoms with Crippen molar-refractivity contribution in [1.82, 2.24) is 10.2 Å². The zero-order valence-corrected chi connectivity index (χ0v) is 11.2. The molecule has 0 aromatic carbocycles. The second-order valence-electron chi connectivity index (χ2n) is 5.45. The molecule has 2 amide bonds. The fourth-order valence-electron chi connectivity index (χ4n) is 2.73. The van der Waals surface area contributed by atoms with E-state index in [0.717, 1.165) is 12.8 Å². The van der Waals surface area contributed by atoms with Crippen molar-refractivity contribution in [1.29, 1.82) is 0 Å². The minimum Gasteiger partial charge on any atom is -0.379 e. The van der Waals surface area contributed by atoms with E-state index in [9.17, 15) is 9.59 Å². The van der Waals surface area contributed by atoms with E-state index in [-0.39, 0.29) is 23.4 Å². The minimum absolute atomic E-state index is 0.0215. The Kier molecular flexibility index (Phi) is 3.90. The zero-order chi connectivity index (χ0) is 13.2. The van der Waals surface area contributed by atoms with Gasteiger partial charge in [-0.2, -0.15) is 0 Å². The summed E-state index contributed by atoms with van der Waals surface area (Å²) in [5.41, 5.74) is -0.241. The Bertz CT molecular complexity index is 337. The van der Waals surface area contributed by atoms with Crippen LogP contribution in [0.25, 0.3) is 0 Å². The number of ether oxygens (including phenoxy) is 1. The predicted molar refractivity (Wildman–Crippen MR) is 67.0 cm³/mol. The normalized spacial score (nSPS) is 33.4. The lowest BCUT2D eigenvalue weighted by Gasteiger charge is -2.37. The van der Waals surface area contributed by atoms with Gasteiger partial charge in [-0.1, -0.05) is 13.3 Å². The molecule has 0 saturated carbocycles. The summed E-state index contributed by atoms with van der Waals surface area (Å²) < 4.78 is 5.43. The topological polar surface area (TPSA) is 58.6 Å². The first-order valence-corrected chi connectivity index (χ1v) is 6.75. The highest BCUT2D eigenvalue weighted by molar-refractivity contribution is 5.90. The van der Waals surface area contributed by atoms with Crippen molar-refractivity contribution in [3.05, 3.63) is 0 Å². The molecule has 2 saturated heterocycles. The van der Waals surface area contributed by atoms with Crippen LogP contribution in [0.4, 0.5) is 0 Å². The Hall–Kier alpha value is -1.10. The standard InChI is InChI=1S/C13H22N2O3/c1-3-4-10-12(17)15(7-5-11(16)14-10)13(2)6-8-18-9-13/h10H,3-9H2,1-2H3,(H,14,16). The van der Waals surface area contributed by atoms with Crippen LogP contribution in [0.3, 0.4) is 0 Å². The zero-order valence-electron chi connectivity index (χ0n) is 11.2. The van der Waals surface area contributed by atoms with Gasteiger partial charge in [0.2, 0.25) is 11.8 Å². The molecule has 2 aliphatic heterocycles. The third kappa shape index (κ3) is 2.51. The number of hydrogen-bond acceptors (Lipinski definition) is 3. The van der Waals surface area contributed by atoms with Crippen molar-refractivity contribution in [2.75, 3.05) is 19.8 Å². The van der Waals surface area contributed by atoms with Crippen LogP contribution in [0.2, 0.25) is 0 Å². The van der Waals surface area contributed by atoms with Crippen molar-refractivity contribution in [3.8, 4) is 0 Å². The largest absolute Gasteiger partial charge is 0.379 e. The fourth-order valence-corrected chi connectivity index (χ4v) is 2.73. The molecule has 18 heavy (non-hydrogen) atoms. The molecule has 0 aromatic heterocycles. The van der Waals surface area contributed by atoms with Gasteiger partial charge < -0.3 is 15.0 Å². The maximum absolute atomic E-state index is 12.5. The van der Waals surface area contributed by atoms with Gasteiger partial charge in [-0.15, -0.1) is 0 Å². The molecule has 0 bridgehead atoms. The average Bonchev–Trinajstić information content (AvgIpc) is 2.70. The van der Waals surface area contributed by atoms with Gasteiger partial charge in [0.15, 0.2) is 0 Å². The Morgan fingerprint density at radius 1 is 1.50 bits per heavy atom. The molecule has 2 unspecified atom stereocenters. The maximum Gasteiger partial charge on any atom is 0.245 e. The third-order valence-corrected chi connectivity index (χ3v) is 3.89. The maximum atomic E-state index is 12.5. The van der Waals surface area contributed by atoms with Crippen LogP contribution in [0.1, 0.15) is 39.5 Å². The lowest BCUT2D eigenvalue weighted by Crippen LogP contribution is -2.54. The summed E-state index contributed by atoms with van der Waals surface area (Å²) in [7, 11) is 0. The number of rotatable bonds is 3. The van der Waals surface area contributed by atoms with Crippen LogP contribution in [-0.4, -0.2) is 48.1 Å². The lowest BCUT2D eigenvalue weighted by atomic mass is 9.97. The summed E-state index contributed by atoms with van der Waals surface area (Å²) >= 11 is 0. The number of hydrogen-bond donors (Lipinski definition) is 1. The van der Waals surface area contributed by atoms with E-state index in [0.29, 0.717) is 32.6 Å². The number of carbonyl (C=O) groups is 2. The Morgan fingerprint density at radius 3 is 2.89 bits per heavy atom. The third-order valence-electron chi connectivity index (χ3n) is 3.89. The number of amides is 2. The molecule has 2 atom stereocenters. The molecule has 0 aliphatic carbocycles. The van der Waals surface area contributed by atoms with Gasteiger partial charge >= 0.3 is 0 Å². The summed E-state index contributed by atoms with van der Waals surface area (Å²) in [5, 5.41) is 2.83. The Labute approximate surface area is 108 Å². The van der Waals surface area contributed by atoms with Gasteiger partial charge in [0, 0.05) is 19.6 Å². The molecule has 5 heteroatoms. The first-order chi connectivity index (χ1) is 8.57. The van der Waals surface area contributed by atoms with Gasteiger partial charge in [0.05, 0.1) is 12.1 Å². The van der Waals surface area contributed by atoms with Crippen LogP contribution in [0.15, 0.2) is 0 Å². The van der Waals surface area contributed by atoms with Crippen LogP contribution < -0.4 is 5.32 Å². The first kappa shape index (κ1) is 13.3. The molecule has 5 nitrogen and oxygen atoms in total. The summed E-state index contributed by atoms with van der Waals surface area (Å²) in [4.78, 5) is 26.0. The van der Waals surface area contributed by atoms with E-state index in [4.69, 9.17) is 4.74 Å².